The molecule has 0 nitrogen and oxygen atoms in total. The molecule has 0 aliphatic heterocycles. The zero-order valence-corrected chi connectivity index (χ0v) is 13.8. The molecule has 0 saturated carbocycles. The van der Waals surface area contributed by atoms with Crippen LogP contribution in [0.2, 0.25) is 0 Å². The highest BCUT2D eigenvalue weighted by Crippen LogP contribution is 2.21. The monoisotopic (exact) mass is 268 g/mol. The first-order valence-electron chi connectivity index (χ1n) is 7.32. The highest BCUT2D eigenvalue weighted by atomic mass is 14.2. The van der Waals surface area contributed by atoms with E-state index in [9.17, 15) is 0 Å². The molecular weight excluding hydrogens is 240 g/mol. The molecule has 0 amide bonds. The van der Waals surface area contributed by atoms with Gasteiger partial charge in [0, 0.05) is 0 Å². The number of rotatable bonds is 0. The smallest absolute Gasteiger partial charge is 0.0132 e. The summed E-state index contributed by atoms with van der Waals surface area (Å²) in [5.74, 6) is 0. The number of hydrogen-bond donors (Lipinski definition) is 0. The molecule has 0 unspecified atom stereocenters. The van der Waals surface area contributed by atoms with Crippen molar-refractivity contribution in [3.8, 4) is 0 Å². The summed E-state index contributed by atoms with van der Waals surface area (Å²) < 4.78 is 0. The van der Waals surface area contributed by atoms with Gasteiger partial charge >= 0.3 is 0 Å². The minimum Gasteiger partial charge on any atom is -0.0622 e. The molecule has 0 aliphatic rings. The molecular formula is C20H28. The zero-order valence-electron chi connectivity index (χ0n) is 13.8. The molecule has 0 heteroatoms. The Hall–Kier alpha value is -1.56. The Kier molecular flexibility index (Phi) is 5.56. The minimum absolute atomic E-state index is 0.293. The predicted molar refractivity (Wildman–Crippen MR) is 90.3 cm³/mol. The summed E-state index contributed by atoms with van der Waals surface area (Å²) in [6.07, 6.45) is 0. The second-order valence-electron chi connectivity index (χ2n) is 7.23. The van der Waals surface area contributed by atoms with Crippen molar-refractivity contribution < 1.29 is 0 Å². The van der Waals surface area contributed by atoms with Crippen molar-refractivity contribution in [1.29, 1.82) is 0 Å². The van der Waals surface area contributed by atoms with Crippen molar-refractivity contribution in [2.45, 2.75) is 52.4 Å². The second kappa shape index (κ2) is 6.74. The van der Waals surface area contributed by atoms with E-state index < -0.39 is 0 Å². The summed E-state index contributed by atoms with van der Waals surface area (Å²) in [6, 6.07) is 21.1. The van der Waals surface area contributed by atoms with E-state index in [2.05, 4.69) is 102 Å². The van der Waals surface area contributed by atoms with E-state index >= 15 is 0 Å². The Bertz CT molecular complexity index is 432. The lowest BCUT2D eigenvalue weighted by atomic mass is 9.87. The van der Waals surface area contributed by atoms with E-state index in [1.54, 1.807) is 0 Å². The average Bonchev–Trinajstić information content (AvgIpc) is 2.40. The van der Waals surface area contributed by atoms with Crippen molar-refractivity contribution >= 4 is 0 Å². The zero-order chi connectivity index (χ0) is 15.2. The van der Waals surface area contributed by atoms with E-state index in [0.29, 0.717) is 10.8 Å². The van der Waals surface area contributed by atoms with E-state index in [1.165, 1.54) is 11.1 Å². The van der Waals surface area contributed by atoms with Crippen LogP contribution in [0.3, 0.4) is 0 Å². The van der Waals surface area contributed by atoms with Crippen LogP contribution < -0.4 is 0 Å². The van der Waals surface area contributed by atoms with Crippen molar-refractivity contribution in [3.63, 3.8) is 0 Å². The fourth-order valence-electron chi connectivity index (χ4n) is 1.88. The molecule has 2 rings (SSSR count). The fourth-order valence-corrected chi connectivity index (χ4v) is 1.88. The normalized spacial score (nSPS) is 11.5. The molecule has 0 aliphatic carbocycles. The van der Waals surface area contributed by atoms with Crippen LogP contribution >= 0.6 is 0 Å². The van der Waals surface area contributed by atoms with Crippen molar-refractivity contribution in [2.24, 2.45) is 0 Å². The van der Waals surface area contributed by atoms with Crippen molar-refractivity contribution in [3.05, 3.63) is 71.8 Å². The SMILES string of the molecule is CC(C)(C)c1ccccc1.CC(C)(C)c1ccccc1. The van der Waals surface area contributed by atoms with Crippen molar-refractivity contribution in [1.82, 2.24) is 0 Å². The highest BCUT2D eigenvalue weighted by Gasteiger charge is 2.11. The molecule has 0 saturated heterocycles. The molecule has 0 N–H and O–H groups in total. The van der Waals surface area contributed by atoms with Crippen LogP contribution in [0.15, 0.2) is 60.7 Å². The third kappa shape index (κ3) is 5.61. The Labute approximate surface area is 124 Å². The molecule has 0 bridgehead atoms. The Morgan fingerprint density at radius 1 is 0.450 bits per heavy atom. The second-order valence-corrected chi connectivity index (χ2v) is 7.23. The van der Waals surface area contributed by atoms with Gasteiger partial charge < -0.3 is 0 Å². The van der Waals surface area contributed by atoms with Gasteiger partial charge in [-0.3, -0.25) is 0 Å². The summed E-state index contributed by atoms with van der Waals surface area (Å²) in [5.41, 5.74) is 3.38. The van der Waals surface area contributed by atoms with Crippen LogP contribution in [0.25, 0.3) is 0 Å². The topological polar surface area (TPSA) is 0 Å². The summed E-state index contributed by atoms with van der Waals surface area (Å²) in [7, 11) is 0. The quantitative estimate of drug-likeness (QED) is 0.552. The summed E-state index contributed by atoms with van der Waals surface area (Å²) in [4.78, 5) is 0. The average molecular weight is 268 g/mol. The fraction of sp³-hybridized carbons (Fsp3) is 0.400. The van der Waals surface area contributed by atoms with E-state index in [0.717, 1.165) is 0 Å². The maximum Gasteiger partial charge on any atom is -0.0132 e. The predicted octanol–water partition coefficient (Wildman–Crippen LogP) is 5.97. The summed E-state index contributed by atoms with van der Waals surface area (Å²) in [5, 5.41) is 0. The lowest BCUT2D eigenvalue weighted by Gasteiger charge is -2.18. The van der Waals surface area contributed by atoms with Crippen LogP contribution in [0.4, 0.5) is 0 Å². The third-order valence-electron chi connectivity index (χ3n) is 3.28. The molecule has 2 aromatic carbocycles. The third-order valence-corrected chi connectivity index (χ3v) is 3.28. The van der Waals surface area contributed by atoms with Gasteiger partial charge in [-0.1, -0.05) is 102 Å². The lowest BCUT2D eigenvalue weighted by molar-refractivity contribution is 0.590. The molecule has 0 heterocycles. The lowest BCUT2D eigenvalue weighted by Crippen LogP contribution is -2.10. The molecule has 0 spiro atoms. The summed E-state index contributed by atoms with van der Waals surface area (Å²) >= 11 is 0. The largest absolute Gasteiger partial charge is 0.0622 e. The maximum absolute atomic E-state index is 2.22. The molecule has 20 heavy (non-hydrogen) atoms. The van der Waals surface area contributed by atoms with Gasteiger partial charge in [0.1, 0.15) is 0 Å². The van der Waals surface area contributed by atoms with Gasteiger partial charge in [-0.25, -0.2) is 0 Å². The van der Waals surface area contributed by atoms with Gasteiger partial charge in [-0.05, 0) is 22.0 Å². The first-order chi connectivity index (χ1) is 9.21. The summed E-state index contributed by atoms with van der Waals surface area (Å²) in [6.45, 7) is 13.3. The van der Waals surface area contributed by atoms with Gasteiger partial charge in [-0.2, -0.15) is 0 Å². The van der Waals surface area contributed by atoms with Gasteiger partial charge in [0.2, 0.25) is 0 Å². The van der Waals surface area contributed by atoms with Crippen LogP contribution in [-0.2, 0) is 10.8 Å². The Morgan fingerprint density at radius 3 is 0.850 bits per heavy atom. The van der Waals surface area contributed by atoms with E-state index in [4.69, 9.17) is 0 Å². The number of benzene rings is 2. The molecule has 0 atom stereocenters. The standard InChI is InChI=1S/2C10H14/c2*1-10(2,3)9-7-5-4-6-8-9/h2*4-8H,1-3H3. The highest BCUT2D eigenvalue weighted by molar-refractivity contribution is 5.22. The first kappa shape index (κ1) is 16.5. The van der Waals surface area contributed by atoms with Gasteiger partial charge in [0.15, 0.2) is 0 Å². The van der Waals surface area contributed by atoms with Crippen LogP contribution in [0.1, 0.15) is 52.7 Å². The van der Waals surface area contributed by atoms with Gasteiger partial charge in [-0.15, -0.1) is 0 Å². The molecule has 108 valence electrons. The molecule has 0 fully saturated rings. The maximum atomic E-state index is 2.22. The Balaban J connectivity index is 0.000000200. The van der Waals surface area contributed by atoms with Crippen LogP contribution in [0.5, 0.6) is 0 Å². The van der Waals surface area contributed by atoms with Gasteiger partial charge in [0.25, 0.3) is 0 Å². The molecule has 0 aromatic heterocycles. The van der Waals surface area contributed by atoms with Gasteiger partial charge in [0.05, 0.1) is 0 Å². The minimum atomic E-state index is 0.293. The van der Waals surface area contributed by atoms with Crippen LogP contribution in [-0.4, -0.2) is 0 Å². The van der Waals surface area contributed by atoms with E-state index in [1.807, 2.05) is 0 Å². The number of hydrogen-bond acceptors (Lipinski definition) is 0. The first-order valence-corrected chi connectivity index (χ1v) is 7.32. The molecule has 2 aromatic rings. The Morgan fingerprint density at radius 2 is 0.700 bits per heavy atom. The van der Waals surface area contributed by atoms with Crippen molar-refractivity contribution in [2.75, 3.05) is 0 Å². The van der Waals surface area contributed by atoms with E-state index in [-0.39, 0.29) is 0 Å². The van der Waals surface area contributed by atoms with Crippen LogP contribution in [0, 0.1) is 0 Å². The molecule has 0 radical (unpaired) electrons.